The monoisotopic (exact) mass is 227 g/mol. The van der Waals surface area contributed by atoms with Gasteiger partial charge >= 0.3 is 5.97 Å². The van der Waals surface area contributed by atoms with Crippen molar-refractivity contribution >= 4 is 23.2 Å². The minimum atomic E-state index is -0.406. The van der Waals surface area contributed by atoms with Crippen molar-refractivity contribution in [3.05, 3.63) is 22.4 Å². The van der Waals surface area contributed by atoms with E-state index >= 15 is 0 Å². The van der Waals surface area contributed by atoms with Crippen molar-refractivity contribution in [2.75, 3.05) is 13.2 Å². The fourth-order valence-corrected chi connectivity index (χ4v) is 1.69. The molecule has 1 aromatic heterocycles. The minimum absolute atomic E-state index is 0.0587. The molecule has 1 N–H and O–H groups in total. The normalized spacial score (nSPS) is 9.67. The average Bonchev–Trinajstić information content (AvgIpc) is 2.68. The Kier molecular flexibility index (Phi) is 4.83. The second kappa shape index (κ2) is 6.19. The van der Waals surface area contributed by atoms with Crippen LogP contribution in [0.5, 0.6) is 0 Å². The number of ether oxygens (including phenoxy) is 1. The zero-order chi connectivity index (χ0) is 11.1. The van der Waals surface area contributed by atoms with E-state index < -0.39 is 5.97 Å². The summed E-state index contributed by atoms with van der Waals surface area (Å²) < 4.78 is 4.68. The van der Waals surface area contributed by atoms with Gasteiger partial charge in [0.05, 0.1) is 13.0 Å². The number of hydrogen-bond acceptors (Lipinski definition) is 4. The van der Waals surface area contributed by atoms with Gasteiger partial charge < -0.3 is 10.1 Å². The molecule has 0 saturated heterocycles. The molecule has 0 aliphatic carbocycles. The Hall–Kier alpha value is -1.36. The van der Waals surface area contributed by atoms with Crippen molar-refractivity contribution in [1.29, 1.82) is 0 Å². The molecule has 5 heteroatoms. The second-order valence-corrected chi connectivity index (χ2v) is 3.67. The number of hydrogen-bond donors (Lipinski definition) is 1. The summed E-state index contributed by atoms with van der Waals surface area (Å²) in [5.74, 6) is -0.572. The molecule has 1 amide bonds. The van der Waals surface area contributed by atoms with Gasteiger partial charge in [-0.05, 0) is 29.3 Å². The highest BCUT2D eigenvalue weighted by molar-refractivity contribution is 7.07. The lowest BCUT2D eigenvalue weighted by Crippen LogP contribution is -2.31. The first-order chi connectivity index (χ1) is 7.22. The molecule has 0 spiro atoms. The summed E-state index contributed by atoms with van der Waals surface area (Å²) in [7, 11) is 0. The van der Waals surface area contributed by atoms with Crippen molar-refractivity contribution in [2.45, 2.75) is 13.3 Å². The van der Waals surface area contributed by atoms with E-state index in [0.29, 0.717) is 13.0 Å². The third-order valence-corrected chi connectivity index (χ3v) is 2.41. The molecule has 0 unspecified atom stereocenters. The van der Waals surface area contributed by atoms with E-state index in [1.54, 1.807) is 18.3 Å². The highest BCUT2D eigenvalue weighted by Gasteiger charge is 2.06. The first kappa shape index (κ1) is 11.7. The zero-order valence-corrected chi connectivity index (χ0v) is 9.30. The maximum atomic E-state index is 11.3. The minimum Gasteiger partial charge on any atom is -0.465 e. The smallest absolute Gasteiger partial charge is 0.325 e. The summed E-state index contributed by atoms with van der Waals surface area (Å²) in [6.07, 6.45) is 0.308. The van der Waals surface area contributed by atoms with Crippen LogP contribution in [0.3, 0.4) is 0 Å². The number of rotatable bonds is 5. The van der Waals surface area contributed by atoms with Crippen LogP contribution < -0.4 is 5.32 Å². The van der Waals surface area contributed by atoms with Crippen LogP contribution >= 0.6 is 11.3 Å². The van der Waals surface area contributed by atoms with Crippen LogP contribution in [0.25, 0.3) is 0 Å². The fourth-order valence-electron chi connectivity index (χ4n) is 1.02. The Morgan fingerprint density at radius 3 is 2.93 bits per heavy atom. The van der Waals surface area contributed by atoms with Crippen molar-refractivity contribution in [2.24, 2.45) is 0 Å². The first-order valence-electron chi connectivity index (χ1n) is 4.65. The highest BCUT2D eigenvalue weighted by atomic mass is 32.1. The molecule has 0 radical (unpaired) electrons. The molecule has 0 fully saturated rings. The molecule has 0 atom stereocenters. The topological polar surface area (TPSA) is 55.4 Å². The lowest BCUT2D eigenvalue weighted by atomic mass is 10.2. The molecular weight excluding hydrogens is 214 g/mol. The van der Waals surface area contributed by atoms with Crippen LogP contribution in [0.1, 0.15) is 12.5 Å². The molecule has 0 saturated carbocycles. The van der Waals surface area contributed by atoms with Crippen LogP contribution in [-0.4, -0.2) is 25.0 Å². The molecular formula is C10H13NO3S. The van der Waals surface area contributed by atoms with Crippen LogP contribution in [0.4, 0.5) is 0 Å². The summed E-state index contributed by atoms with van der Waals surface area (Å²) in [4.78, 5) is 22.2. The molecule has 1 rings (SSSR count). The summed E-state index contributed by atoms with van der Waals surface area (Å²) in [5, 5.41) is 6.31. The highest BCUT2D eigenvalue weighted by Crippen LogP contribution is 2.05. The Morgan fingerprint density at radius 2 is 2.33 bits per heavy atom. The molecule has 1 aromatic rings. The number of esters is 1. The van der Waals surface area contributed by atoms with Gasteiger partial charge in [0.1, 0.15) is 6.54 Å². The van der Waals surface area contributed by atoms with Gasteiger partial charge in [-0.25, -0.2) is 0 Å². The van der Waals surface area contributed by atoms with E-state index in [1.165, 1.54) is 0 Å². The molecule has 0 aliphatic rings. The van der Waals surface area contributed by atoms with Crippen LogP contribution in [-0.2, 0) is 20.7 Å². The van der Waals surface area contributed by atoms with Gasteiger partial charge in [0, 0.05) is 0 Å². The third-order valence-electron chi connectivity index (χ3n) is 1.68. The molecule has 82 valence electrons. The maximum Gasteiger partial charge on any atom is 0.325 e. The Bertz CT molecular complexity index is 321. The molecule has 0 aliphatic heterocycles. The van der Waals surface area contributed by atoms with Crippen LogP contribution in [0.15, 0.2) is 16.8 Å². The number of nitrogens with one attached hydrogen (secondary N) is 1. The van der Waals surface area contributed by atoms with E-state index in [4.69, 9.17) is 0 Å². The van der Waals surface area contributed by atoms with Gasteiger partial charge in [-0.1, -0.05) is 0 Å². The van der Waals surface area contributed by atoms with Gasteiger partial charge in [0.2, 0.25) is 5.91 Å². The predicted octanol–water partition coefficient (Wildman–Crippen LogP) is 0.970. The van der Waals surface area contributed by atoms with E-state index in [1.807, 2.05) is 16.8 Å². The predicted molar refractivity (Wildman–Crippen MR) is 57.7 cm³/mol. The Balaban J connectivity index is 2.22. The van der Waals surface area contributed by atoms with Crippen molar-refractivity contribution in [3.63, 3.8) is 0 Å². The molecule has 0 aromatic carbocycles. The van der Waals surface area contributed by atoms with Crippen LogP contribution in [0.2, 0.25) is 0 Å². The largest absolute Gasteiger partial charge is 0.465 e. The van der Waals surface area contributed by atoms with Gasteiger partial charge in [0.25, 0.3) is 0 Å². The quantitative estimate of drug-likeness (QED) is 0.763. The van der Waals surface area contributed by atoms with Gasteiger partial charge in [-0.2, -0.15) is 11.3 Å². The van der Waals surface area contributed by atoms with Gasteiger partial charge in [0.15, 0.2) is 0 Å². The molecule has 1 heterocycles. The van der Waals surface area contributed by atoms with E-state index in [0.717, 1.165) is 5.56 Å². The third kappa shape index (κ3) is 4.60. The van der Waals surface area contributed by atoms with E-state index in [2.05, 4.69) is 10.1 Å². The standard InChI is InChI=1S/C10H13NO3S/c1-2-14-10(13)6-11-9(12)5-8-3-4-15-7-8/h3-4,7H,2,5-6H2,1H3,(H,11,12). The summed E-state index contributed by atoms with van der Waals surface area (Å²) in [6, 6.07) is 1.88. The molecule has 15 heavy (non-hydrogen) atoms. The van der Waals surface area contributed by atoms with Crippen LogP contribution in [0, 0.1) is 0 Å². The van der Waals surface area contributed by atoms with E-state index in [-0.39, 0.29) is 12.5 Å². The average molecular weight is 227 g/mol. The Morgan fingerprint density at radius 1 is 1.53 bits per heavy atom. The lowest BCUT2D eigenvalue weighted by molar-refractivity contribution is -0.143. The summed E-state index contributed by atoms with van der Waals surface area (Å²) in [6.45, 7) is 2.00. The SMILES string of the molecule is CCOC(=O)CNC(=O)Cc1ccsc1. The number of carbonyl (C=O) groups excluding carboxylic acids is 2. The maximum absolute atomic E-state index is 11.3. The molecule has 0 bridgehead atoms. The number of amides is 1. The lowest BCUT2D eigenvalue weighted by Gasteiger charge is -2.03. The van der Waals surface area contributed by atoms with Crippen molar-refractivity contribution in [1.82, 2.24) is 5.32 Å². The Labute approximate surface area is 92.2 Å². The zero-order valence-electron chi connectivity index (χ0n) is 8.49. The van der Waals surface area contributed by atoms with Gasteiger partial charge in [-0.3, -0.25) is 9.59 Å². The van der Waals surface area contributed by atoms with Crippen molar-refractivity contribution in [3.8, 4) is 0 Å². The van der Waals surface area contributed by atoms with Gasteiger partial charge in [-0.15, -0.1) is 0 Å². The fraction of sp³-hybridized carbons (Fsp3) is 0.400. The molecule has 4 nitrogen and oxygen atoms in total. The number of thiophene rings is 1. The van der Waals surface area contributed by atoms with Crippen molar-refractivity contribution < 1.29 is 14.3 Å². The summed E-state index contributed by atoms with van der Waals surface area (Å²) >= 11 is 1.54. The number of carbonyl (C=O) groups is 2. The second-order valence-electron chi connectivity index (χ2n) is 2.89. The van der Waals surface area contributed by atoms with E-state index in [9.17, 15) is 9.59 Å². The first-order valence-corrected chi connectivity index (χ1v) is 5.60. The summed E-state index contributed by atoms with van der Waals surface area (Å²) in [5.41, 5.74) is 0.960.